The van der Waals surface area contributed by atoms with E-state index in [1.165, 1.54) is 30.6 Å². The van der Waals surface area contributed by atoms with Gasteiger partial charge in [0.15, 0.2) is 16.6 Å². The van der Waals surface area contributed by atoms with Gasteiger partial charge in [0.2, 0.25) is 0 Å². The number of nitriles is 1. The number of thiazole rings is 1. The van der Waals surface area contributed by atoms with Crippen LogP contribution in [0.5, 0.6) is 11.5 Å². The first kappa shape index (κ1) is 21.7. The minimum atomic E-state index is -0.602. The van der Waals surface area contributed by atoms with Gasteiger partial charge in [-0.25, -0.2) is 4.98 Å². The van der Waals surface area contributed by atoms with Crippen LogP contribution in [0.2, 0.25) is 10.0 Å². The molecule has 0 aliphatic heterocycles. The summed E-state index contributed by atoms with van der Waals surface area (Å²) < 4.78 is 4.98. The summed E-state index contributed by atoms with van der Waals surface area (Å²) in [6, 6.07) is 11.6. The van der Waals surface area contributed by atoms with E-state index in [4.69, 9.17) is 27.9 Å². The zero-order valence-corrected chi connectivity index (χ0v) is 18.0. The average molecular weight is 460 g/mol. The topological polar surface area (TPSA) is 95.2 Å². The molecule has 0 spiro atoms. The first-order valence-corrected chi connectivity index (χ1v) is 10.2. The number of rotatable bonds is 6. The van der Waals surface area contributed by atoms with Gasteiger partial charge in [0.05, 0.1) is 7.11 Å². The molecule has 6 nitrogen and oxygen atoms in total. The van der Waals surface area contributed by atoms with Crippen LogP contribution in [0.4, 0.5) is 5.13 Å². The van der Waals surface area contributed by atoms with Crippen molar-refractivity contribution in [3.05, 3.63) is 74.2 Å². The van der Waals surface area contributed by atoms with Gasteiger partial charge in [-0.05, 0) is 47.5 Å². The molecule has 0 saturated carbocycles. The molecule has 0 aliphatic carbocycles. The van der Waals surface area contributed by atoms with E-state index in [-0.39, 0.29) is 11.3 Å². The largest absolute Gasteiger partial charge is 0.504 e. The zero-order chi connectivity index (χ0) is 21.7. The van der Waals surface area contributed by atoms with Crippen molar-refractivity contribution in [1.82, 2.24) is 4.98 Å². The van der Waals surface area contributed by atoms with Gasteiger partial charge in [0.1, 0.15) is 11.6 Å². The van der Waals surface area contributed by atoms with E-state index in [1.807, 2.05) is 6.07 Å². The molecule has 0 radical (unpaired) electrons. The summed E-state index contributed by atoms with van der Waals surface area (Å²) in [6.07, 6.45) is 3.52. The second kappa shape index (κ2) is 9.63. The van der Waals surface area contributed by atoms with Gasteiger partial charge >= 0.3 is 0 Å². The molecule has 0 fully saturated rings. The van der Waals surface area contributed by atoms with E-state index >= 15 is 0 Å². The Hall–Kier alpha value is -3.05. The molecule has 1 amide bonds. The van der Waals surface area contributed by atoms with Crippen LogP contribution in [-0.4, -0.2) is 23.1 Å². The molecular weight excluding hydrogens is 445 g/mol. The fourth-order valence-corrected chi connectivity index (χ4v) is 3.80. The van der Waals surface area contributed by atoms with Gasteiger partial charge in [-0.15, -0.1) is 11.3 Å². The maximum absolute atomic E-state index is 12.5. The smallest absolute Gasteiger partial charge is 0.268 e. The van der Waals surface area contributed by atoms with Gasteiger partial charge in [-0.3, -0.25) is 10.1 Å². The van der Waals surface area contributed by atoms with Crippen LogP contribution in [0.25, 0.3) is 6.08 Å². The van der Waals surface area contributed by atoms with Crippen molar-refractivity contribution < 1.29 is 14.6 Å². The van der Waals surface area contributed by atoms with Crippen LogP contribution < -0.4 is 10.1 Å². The van der Waals surface area contributed by atoms with Gasteiger partial charge in [-0.1, -0.05) is 29.3 Å². The summed E-state index contributed by atoms with van der Waals surface area (Å²) in [5, 5.41) is 23.3. The maximum atomic E-state index is 12.5. The predicted octanol–water partition coefficient (Wildman–Crippen LogP) is 5.30. The van der Waals surface area contributed by atoms with Crippen LogP contribution in [0.15, 0.2) is 48.2 Å². The standard InChI is InChI=1S/C21H15Cl2N3O3S/c1-29-19-5-2-12(7-18(19)27)6-14(10-24)20(28)26-21-25-11-16(30-21)9-13-8-15(22)3-4-17(13)23/h2-8,11,27H,9H2,1H3,(H,25,26,28)/b14-6+. The molecule has 0 bridgehead atoms. The van der Waals surface area contributed by atoms with E-state index in [1.54, 1.807) is 36.5 Å². The SMILES string of the molecule is COc1ccc(/C=C(\C#N)C(=O)Nc2ncc(Cc3cc(Cl)ccc3Cl)s2)cc1O. The van der Waals surface area contributed by atoms with E-state index in [0.717, 1.165) is 10.4 Å². The van der Waals surface area contributed by atoms with Gasteiger partial charge in [0.25, 0.3) is 5.91 Å². The zero-order valence-electron chi connectivity index (χ0n) is 15.6. The van der Waals surface area contributed by atoms with Crippen molar-refractivity contribution in [3.8, 4) is 17.6 Å². The maximum Gasteiger partial charge on any atom is 0.268 e. The Bertz CT molecular complexity index is 1170. The molecule has 152 valence electrons. The molecule has 3 rings (SSSR count). The number of anilines is 1. The van der Waals surface area contributed by atoms with E-state index < -0.39 is 5.91 Å². The molecule has 9 heteroatoms. The number of carbonyl (C=O) groups is 1. The highest BCUT2D eigenvalue weighted by Crippen LogP contribution is 2.28. The number of phenols is 1. The molecule has 3 aromatic rings. The van der Waals surface area contributed by atoms with Crippen LogP contribution in [0.3, 0.4) is 0 Å². The minimum Gasteiger partial charge on any atom is -0.504 e. The summed E-state index contributed by atoms with van der Waals surface area (Å²) in [7, 11) is 1.43. The molecule has 0 atom stereocenters. The number of halogens is 2. The molecule has 2 aromatic carbocycles. The lowest BCUT2D eigenvalue weighted by molar-refractivity contribution is -0.112. The summed E-state index contributed by atoms with van der Waals surface area (Å²) in [4.78, 5) is 17.5. The number of hydrogen-bond acceptors (Lipinski definition) is 6. The van der Waals surface area contributed by atoms with Crippen LogP contribution in [0.1, 0.15) is 16.0 Å². The van der Waals surface area contributed by atoms with Crippen LogP contribution >= 0.6 is 34.5 Å². The Balaban J connectivity index is 1.73. The quantitative estimate of drug-likeness (QED) is 0.385. The van der Waals surface area contributed by atoms with Crippen LogP contribution in [-0.2, 0) is 11.2 Å². The highest BCUT2D eigenvalue weighted by Gasteiger charge is 2.13. The fourth-order valence-electron chi connectivity index (χ4n) is 2.59. The molecule has 2 N–H and O–H groups in total. The molecule has 30 heavy (non-hydrogen) atoms. The third kappa shape index (κ3) is 5.30. The second-order valence-electron chi connectivity index (χ2n) is 6.10. The average Bonchev–Trinajstić information content (AvgIpc) is 3.15. The van der Waals surface area contributed by atoms with Gasteiger partial charge < -0.3 is 9.84 Å². The number of aromatic nitrogens is 1. The fraction of sp³-hybridized carbons (Fsp3) is 0.0952. The number of methoxy groups -OCH3 is 1. The van der Waals surface area contributed by atoms with Crippen molar-refractivity contribution in [2.24, 2.45) is 0 Å². The second-order valence-corrected chi connectivity index (χ2v) is 8.06. The number of phenolic OH excluding ortho intramolecular Hbond substituents is 1. The molecule has 1 aromatic heterocycles. The Morgan fingerprint density at radius 1 is 1.33 bits per heavy atom. The van der Waals surface area contributed by atoms with Crippen molar-refractivity contribution in [1.29, 1.82) is 5.26 Å². The lowest BCUT2D eigenvalue weighted by atomic mass is 10.1. The number of carbonyl (C=O) groups excluding carboxylic acids is 1. The summed E-state index contributed by atoms with van der Waals surface area (Å²) in [6.45, 7) is 0. The number of nitrogens with zero attached hydrogens (tertiary/aromatic N) is 2. The number of nitrogens with one attached hydrogen (secondary N) is 1. The number of benzene rings is 2. The molecule has 0 saturated heterocycles. The van der Waals surface area contributed by atoms with Crippen LogP contribution in [0, 0.1) is 11.3 Å². The Morgan fingerprint density at radius 3 is 2.83 bits per heavy atom. The number of hydrogen-bond donors (Lipinski definition) is 2. The Labute approximate surface area is 187 Å². The first-order valence-electron chi connectivity index (χ1n) is 8.58. The number of ether oxygens (including phenoxy) is 1. The molecular formula is C21H15Cl2N3O3S. The first-order chi connectivity index (χ1) is 14.4. The van der Waals surface area contributed by atoms with Crippen molar-refractivity contribution in [3.63, 3.8) is 0 Å². The van der Waals surface area contributed by atoms with Gasteiger partial charge in [-0.2, -0.15) is 5.26 Å². The highest BCUT2D eigenvalue weighted by atomic mass is 35.5. The van der Waals surface area contributed by atoms with E-state index in [9.17, 15) is 15.2 Å². The van der Waals surface area contributed by atoms with Crippen molar-refractivity contribution in [2.45, 2.75) is 6.42 Å². The molecule has 0 unspecified atom stereocenters. The normalized spacial score (nSPS) is 11.1. The number of aromatic hydroxyl groups is 1. The van der Waals surface area contributed by atoms with Gasteiger partial charge in [0, 0.05) is 27.5 Å². The third-order valence-corrected chi connectivity index (χ3v) is 5.54. The third-order valence-electron chi connectivity index (χ3n) is 4.03. The highest BCUT2D eigenvalue weighted by molar-refractivity contribution is 7.15. The summed E-state index contributed by atoms with van der Waals surface area (Å²) in [5.41, 5.74) is 1.20. The predicted molar refractivity (Wildman–Crippen MR) is 118 cm³/mol. The minimum absolute atomic E-state index is 0.0896. The van der Waals surface area contributed by atoms with Crippen molar-refractivity contribution >= 4 is 51.7 Å². The Kier molecular flexibility index (Phi) is 6.95. The monoisotopic (exact) mass is 459 g/mol. The molecule has 0 aliphatic rings. The summed E-state index contributed by atoms with van der Waals surface area (Å²) >= 11 is 13.5. The van der Waals surface area contributed by atoms with Crippen molar-refractivity contribution in [2.75, 3.05) is 12.4 Å². The van der Waals surface area contributed by atoms with E-state index in [2.05, 4.69) is 10.3 Å². The number of amides is 1. The lowest BCUT2D eigenvalue weighted by Gasteiger charge is -2.04. The van der Waals surface area contributed by atoms with E-state index in [0.29, 0.717) is 32.9 Å². The lowest BCUT2D eigenvalue weighted by Crippen LogP contribution is -2.13. The Morgan fingerprint density at radius 2 is 2.13 bits per heavy atom. The summed E-state index contributed by atoms with van der Waals surface area (Å²) in [5.74, 6) is -0.395. The molecule has 1 heterocycles.